The first-order valence-electron chi connectivity index (χ1n) is 17.4. The summed E-state index contributed by atoms with van der Waals surface area (Å²) in [6.07, 6.45) is 0. The molecule has 2 heterocycles. The van der Waals surface area contributed by atoms with Crippen molar-refractivity contribution in [3.63, 3.8) is 0 Å². The second-order valence-corrected chi connectivity index (χ2v) is 13.5. The molecule has 11 aromatic rings. The first kappa shape index (κ1) is 28.0. The summed E-state index contributed by atoms with van der Waals surface area (Å²) < 4.78 is 2.27. The Hall–Kier alpha value is -6.84. The van der Waals surface area contributed by atoms with E-state index in [0.29, 0.717) is 5.95 Å². The van der Waals surface area contributed by atoms with E-state index in [1.54, 1.807) is 0 Å². The number of hydrogen-bond acceptors (Lipinski definition) is 2. The summed E-state index contributed by atoms with van der Waals surface area (Å²) in [6.45, 7) is 0. The minimum absolute atomic E-state index is 0.659. The maximum absolute atomic E-state index is 5.48. The Bertz CT molecular complexity index is 3210. The quantitative estimate of drug-likeness (QED) is 0.191. The number of rotatable bonds is 3. The first-order valence-corrected chi connectivity index (χ1v) is 17.4. The van der Waals surface area contributed by atoms with Crippen molar-refractivity contribution in [1.82, 2.24) is 14.5 Å². The Kier molecular flexibility index (Phi) is 5.96. The van der Waals surface area contributed by atoms with Gasteiger partial charge in [0.15, 0.2) is 0 Å². The molecular weight excluding hydrogens is 619 g/mol. The van der Waals surface area contributed by atoms with Gasteiger partial charge in [0.25, 0.3) is 0 Å². The molecule has 0 unspecified atom stereocenters. The van der Waals surface area contributed by atoms with Crippen LogP contribution in [0.15, 0.2) is 176 Å². The fraction of sp³-hybridized carbons (Fsp3) is 0. The van der Waals surface area contributed by atoms with Gasteiger partial charge in [-0.1, -0.05) is 133 Å². The molecule has 3 nitrogen and oxygen atoms in total. The van der Waals surface area contributed by atoms with Gasteiger partial charge in [-0.05, 0) is 96.7 Å². The molecule has 11 rings (SSSR count). The van der Waals surface area contributed by atoms with Crippen LogP contribution in [0.2, 0.25) is 0 Å². The topological polar surface area (TPSA) is 30.7 Å². The predicted molar refractivity (Wildman–Crippen MR) is 215 cm³/mol. The molecule has 0 aliphatic rings. The van der Waals surface area contributed by atoms with Gasteiger partial charge in [0, 0.05) is 21.7 Å². The number of aromatic nitrogens is 3. The molecule has 9 aromatic carbocycles. The minimum atomic E-state index is 0.659. The van der Waals surface area contributed by atoms with Crippen LogP contribution < -0.4 is 0 Å². The fourth-order valence-electron chi connectivity index (χ4n) is 8.01. The van der Waals surface area contributed by atoms with Crippen molar-refractivity contribution in [3.8, 4) is 28.3 Å². The molecule has 0 N–H and O–H groups in total. The van der Waals surface area contributed by atoms with Crippen LogP contribution in [-0.4, -0.2) is 14.5 Å². The molecule has 0 spiro atoms. The van der Waals surface area contributed by atoms with E-state index in [1.165, 1.54) is 53.9 Å². The van der Waals surface area contributed by atoms with E-state index in [2.05, 4.69) is 180 Å². The summed E-state index contributed by atoms with van der Waals surface area (Å²) in [5, 5.41) is 13.1. The molecule has 0 radical (unpaired) electrons. The SMILES string of the molecule is c1ccc2cc(-c3ccc4c(-c5ccc6ccccc6c5)nc(-n5c6cc7ccccc7cc6c6c7ccccc7ccc65)nc4c3)ccc2c1. The second-order valence-electron chi connectivity index (χ2n) is 13.5. The van der Waals surface area contributed by atoms with Crippen molar-refractivity contribution in [2.75, 3.05) is 0 Å². The van der Waals surface area contributed by atoms with Gasteiger partial charge in [-0.15, -0.1) is 0 Å². The average Bonchev–Trinajstić information content (AvgIpc) is 3.52. The highest BCUT2D eigenvalue weighted by Gasteiger charge is 2.20. The van der Waals surface area contributed by atoms with Crippen LogP contribution in [0.1, 0.15) is 0 Å². The molecule has 0 amide bonds. The lowest BCUT2D eigenvalue weighted by Gasteiger charge is -2.14. The van der Waals surface area contributed by atoms with E-state index in [4.69, 9.17) is 9.97 Å². The molecular formula is C48H29N3. The summed E-state index contributed by atoms with van der Waals surface area (Å²) in [4.78, 5) is 10.9. The van der Waals surface area contributed by atoms with Crippen LogP contribution in [-0.2, 0) is 0 Å². The summed E-state index contributed by atoms with van der Waals surface area (Å²) in [6, 6.07) is 63.3. The van der Waals surface area contributed by atoms with Crippen molar-refractivity contribution in [1.29, 1.82) is 0 Å². The van der Waals surface area contributed by atoms with Crippen molar-refractivity contribution >= 4 is 75.8 Å². The van der Waals surface area contributed by atoms with Gasteiger partial charge in [-0.25, -0.2) is 9.97 Å². The molecule has 0 aliphatic heterocycles. The summed E-state index contributed by atoms with van der Waals surface area (Å²) in [7, 11) is 0. The molecule has 0 atom stereocenters. The predicted octanol–water partition coefficient (Wildman–Crippen LogP) is 12.7. The highest BCUT2D eigenvalue weighted by molar-refractivity contribution is 6.23. The number of benzene rings is 9. The zero-order valence-corrected chi connectivity index (χ0v) is 27.6. The zero-order valence-electron chi connectivity index (χ0n) is 27.6. The number of hydrogen-bond donors (Lipinski definition) is 0. The average molecular weight is 648 g/mol. The molecule has 51 heavy (non-hydrogen) atoms. The molecule has 0 aliphatic carbocycles. The maximum Gasteiger partial charge on any atom is 0.235 e. The minimum Gasteiger partial charge on any atom is -0.278 e. The fourth-order valence-corrected chi connectivity index (χ4v) is 8.01. The number of fused-ring (bicyclic) bond motifs is 9. The highest BCUT2D eigenvalue weighted by atomic mass is 15.2. The zero-order chi connectivity index (χ0) is 33.5. The smallest absolute Gasteiger partial charge is 0.235 e. The van der Waals surface area contributed by atoms with E-state index >= 15 is 0 Å². The van der Waals surface area contributed by atoms with Crippen molar-refractivity contribution in [2.45, 2.75) is 0 Å². The third-order valence-corrected chi connectivity index (χ3v) is 10.5. The third-order valence-electron chi connectivity index (χ3n) is 10.5. The molecule has 0 fully saturated rings. The Morgan fingerprint density at radius 1 is 0.333 bits per heavy atom. The largest absolute Gasteiger partial charge is 0.278 e. The Labute approximate surface area is 293 Å². The van der Waals surface area contributed by atoms with E-state index in [9.17, 15) is 0 Å². The Morgan fingerprint density at radius 2 is 0.882 bits per heavy atom. The van der Waals surface area contributed by atoms with Crippen LogP contribution in [0.5, 0.6) is 0 Å². The van der Waals surface area contributed by atoms with Gasteiger partial charge in [0.05, 0.1) is 22.2 Å². The van der Waals surface area contributed by atoms with Crippen LogP contribution in [0.25, 0.3) is 104 Å². The summed E-state index contributed by atoms with van der Waals surface area (Å²) >= 11 is 0. The lowest BCUT2D eigenvalue weighted by atomic mass is 9.98. The Balaban J connectivity index is 1.24. The van der Waals surface area contributed by atoms with Gasteiger partial charge in [0.1, 0.15) is 0 Å². The summed E-state index contributed by atoms with van der Waals surface area (Å²) in [5.74, 6) is 0.659. The van der Waals surface area contributed by atoms with E-state index < -0.39 is 0 Å². The van der Waals surface area contributed by atoms with Gasteiger partial charge in [-0.3, -0.25) is 4.57 Å². The van der Waals surface area contributed by atoms with Gasteiger partial charge >= 0.3 is 0 Å². The molecule has 236 valence electrons. The normalized spacial score (nSPS) is 11.9. The van der Waals surface area contributed by atoms with Crippen molar-refractivity contribution in [3.05, 3.63) is 176 Å². The van der Waals surface area contributed by atoms with E-state index in [-0.39, 0.29) is 0 Å². The monoisotopic (exact) mass is 647 g/mol. The second kappa shape index (κ2) is 10.8. The molecule has 0 bridgehead atoms. The Morgan fingerprint density at radius 3 is 1.63 bits per heavy atom. The lowest BCUT2D eigenvalue weighted by molar-refractivity contribution is 1.01. The first-order chi connectivity index (χ1) is 25.2. The number of nitrogens with zero attached hydrogens (tertiary/aromatic N) is 3. The van der Waals surface area contributed by atoms with E-state index in [1.807, 2.05) is 0 Å². The molecule has 0 saturated carbocycles. The van der Waals surface area contributed by atoms with Gasteiger partial charge < -0.3 is 0 Å². The van der Waals surface area contributed by atoms with Crippen LogP contribution >= 0.6 is 0 Å². The maximum atomic E-state index is 5.48. The van der Waals surface area contributed by atoms with Crippen LogP contribution in [0, 0.1) is 0 Å². The van der Waals surface area contributed by atoms with Crippen LogP contribution in [0.3, 0.4) is 0 Å². The molecule has 3 heteroatoms. The third kappa shape index (κ3) is 4.38. The molecule has 2 aromatic heterocycles. The van der Waals surface area contributed by atoms with Gasteiger partial charge in [-0.2, -0.15) is 0 Å². The van der Waals surface area contributed by atoms with Crippen molar-refractivity contribution in [2.24, 2.45) is 0 Å². The standard InChI is InChI=1S/C48H29N3/c1-3-12-33-25-37(19-17-30(33)9-1)38-21-23-41-43(28-38)49-48(50-47(41)39-20-18-31-10-2-4-13-34(31)26-39)51-44-24-22-32-11-7-8-16-40(32)46(44)42-27-35-14-5-6-15-36(35)29-45(42)51/h1-29H. The van der Waals surface area contributed by atoms with Crippen molar-refractivity contribution < 1.29 is 0 Å². The highest BCUT2D eigenvalue weighted by Crippen LogP contribution is 2.40. The van der Waals surface area contributed by atoms with Gasteiger partial charge in [0.2, 0.25) is 5.95 Å². The lowest BCUT2D eigenvalue weighted by Crippen LogP contribution is -2.03. The molecule has 0 saturated heterocycles. The van der Waals surface area contributed by atoms with E-state index in [0.717, 1.165) is 44.3 Å². The summed E-state index contributed by atoms with van der Waals surface area (Å²) in [5.41, 5.74) is 7.37. The van der Waals surface area contributed by atoms with Crippen LogP contribution in [0.4, 0.5) is 0 Å².